The molecule has 1 aromatic heterocycles. The van der Waals surface area contributed by atoms with Gasteiger partial charge in [0.2, 0.25) is 0 Å². The predicted molar refractivity (Wildman–Crippen MR) is 126 cm³/mol. The van der Waals surface area contributed by atoms with Crippen LogP contribution in [0.3, 0.4) is 0 Å². The highest BCUT2D eigenvalue weighted by Crippen LogP contribution is 2.39. The average Bonchev–Trinajstić information content (AvgIpc) is 3.10. The summed E-state index contributed by atoms with van der Waals surface area (Å²) < 4.78 is 18.6. The van der Waals surface area contributed by atoms with Crippen molar-refractivity contribution in [2.75, 3.05) is 26.4 Å². The number of fused-ring (bicyclic) bond motifs is 2. The fraction of sp³-hybridized carbons (Fsp3) is 0.346. The van der Waals surface area contributed by atoms with Gasteiger partial charge in [-0.3, -0.25) is 9.59 Å². The van der Waals surface area contributed by atoms with E-state index in [1.165, 1.54) is 16.8 Å². The smallest absolute Gasteiger partial charge is 0.274 e. The van der Waals surface area contributed by atoms with Crippen molar-refractivity contribution in [3.8, 4) is 17.2 Å². The van der Waals surface area contributed by atoms with Gasteiger partial charge in [0.15, 0.2) is 11.5 Å². The zero-order valence-electron chi connectivity index (χ0n) is 19.1. The Balaban J connectivity index is 1.32. The highest BCUT2D eigenvalue weighted by molar-refractivity contribution is 5.92. The maximum atomic E-state index is 13.4. The molecule has 8 nitrogen and oxygen atoms in total. The van der Waals surface area contributed by atoms with Crippen LogP contribution in [0.25, 0.3) is 0 Å². The molecule has 1 amide bonds. The number of benzene rings is 2. The summed E-state index contributed by atoms with van der Waals surface area (Å²) in [5, 5.41) is 4.34. The van der Waals surface area contributed by atoms with Crippen LogP contribution in [0, 0.1) is 0 Å². The lowest BCUT2D eigenvalue weighted by molar-refractivity contribution is 0.0667. The van der Waals surface area contributed by atoms with Crippen molar-refractivity contribution in [1.29, 1.82) is 0 Å². The first-order valence-corrected chi connectivity index (χ1v) is 11.6. The van der Waals surface area contributed by atoms with E-state index < -0.39 is 0 Å². The van der Waals surface area contributed by atoms with E-state index in [0.717, 1.165) is 34.8 Å². The van der Waals surface area contributed by atoms with Gasteiger partial charge in [0.1, 0.15) is 18.1 Å². The van der Waals surface area contributed by atoms with Gasteiger partial charge in [0.25, 0.3) is 11.5 Å². The van der Waals surface area contributed by atoms with Crippen LogP contribution >= 0.6 is 0 Å². The number of para-hydroxylation sites is 1. The molecule has 0 spiro atoms. The number of rotatable bonds is 5. The van der Waals surface area contributed by atoms with E-state index >= 15 is 0 Å². The molecule has 0 aliphatic carbocycles. The molecule has 1 unspecified atom stereocenters. The molecule has 3 aromatic rings. The third kappa shape index (κ3) is 4.48. The Hall–Kier alpha value is -3.81. The van der Waals surface area contributed by atoms with Crippen LogP contribution in [0.4, 0.5) is 0 Å². The SMILES string of the molecule is CC1c2cc3c(cc2CCN1C(=O)c1ccc(=O)n(CCOc2ccccc2)n1)OCCCO3. The van der Waals surface area contributed by atoms with Crippen molar-refractivity contribution in [2.24, 2.45) is 0 Å². The minimum Gasteiger partial charge on any atom is -0.492 e. The minimum absolute atomic E-state index is 0.156. The highest BCUT2D eigenvalue weighted by Gasteiger charge is 2.31. The Morgan fingerprint density at radius 3 is 2.65 bits per heavy atom. The second kappa shape index (κ2) is 9.59. The summed E-state index contributed by atoms with van der Waals surface area (Å²) in [6, 6.07) is 16.1. The van der Waals surface area contributed by atoms with Crippen molar-refractivity contribution in [3.63, 3.8) is 0 Å². The molecule has 2 aliphatic rings. The zero-order valence-corrected chi connectivity index (χ0v) is 19.1. The zero-order chi connectivity index (χ0) is 23.5. The molecule has 34 heavy (non-hydrogen) atoms. The fourth-order valence-electron chi connectivity index (χ4n) is 4.39. The lowest BCUT2D eigenvalue weighted by Gasteiger charge is -2.35. The van der Waals surface area contributed by atoms with E-state index in [-0.39, 0.29) is 36.4 Å². The summed E-state index contributed by atoms with van der Waals surface area (Å²) in [5.41, 5.74) is 2.18. The molecule has 0 N–H and O–H groups in total. The largest absolute Gasteiger partial charge is 0.492 e. The number of nitrogens with zero attached hydrogens (tertiary/aromatic N) is 3. The summed E-state index contributed by atoms with van der Waals surface area (Å²) in [6.45, 7) is 4.34. The standard InChI is InChI=1S/C26H27N3O5/c1-18-21-17-24-23(33-13-5-14-34-24)16-19(21)10-11-28(18)26(31)22-8-9-25(30)29(27-22)12-15-32-20-6-3-2-4-7-20/h2-4,6-9,16-18H,5,10-15H2,1H3. The van der Waals surface area contributed by atoms with E-state index in [9.17, 15) is 9.59 Å². The van der Waals surface area contributed by atoms with Gasteiger partial charge in [-0.25, -0.2) is 4.68 Å². The van der Waals surface area contributed by atoms with Crippen molar-refractivity contribution >= 4 is 5.91 Å². The van der Waals surface area contributed by atoms with Crippen LogP contribution in [-0.2, 0) is 13.0 Å². The summed E-state index contributed by atoms with van der Waals surface area (Å²) in [4.78, 5) is 27.5. The fourth-order valence-corrected chi connectivity index (χ4v) is 4.39. The third-order valence-electron chi connectivity index (χ3n) is 6.21. The summed E-state index contributed by atoms with van der Waals surface area (Å²) >= 11 is 0. The number of ether oxygens (including phenoxy) is 3. The van der Waals surface area contributed by atoms with Crippen LogP contribution in [0.2, 0.25) is 0 Å². The van der Waals surface area contributed by atoms with Crippen LogP contribution in [0.5, 0.6) is 17.2 Å². The lowest BCUT2D eigenvalue weighted by atomic mass is 9.92. The Morgan fingerprint density at radius 1 is 1.09 bits per heavy atom. The van der Waals surface area contributed by atoms with E-state index in [0.29, 0.717) is 26.2 Å². The van der Waals surface area contributed by atoms with Gasteiger partial charge < -0.3 is 19.1 Å². The molecule has 1 atom stereocenters. The third-order valence-corrected chi connectivity index (χ3v) is 6.21. The lowest BCUT2D eigenvalue weighted by Crippen LogP contribution is -2.40. The van der Waals surface area contributed by atoms with Crippen molar-refractivity contribution in [1.82, 2.24) is 14.7 Å². The number of hydrogen-bond acceptors (Lipinski definition) is 6. The Bertz CT molecular complexity index is 1240. The van der Waals surface area contributed by atoms with Crippen molar-refractivity contribution < 1.29 is 19.0 Å². The number of hydrogen-bond donors (Lipinski definition) is 0. The molecule has 2 aliphatic heterocycles. The molecular weight excluding hydrogens is 434 g/mol. The average molecular weight is 462 g/mol. The number of amides is 1. The van der Waals surface area contributed by atoms with Gasteiger partial charge in [-0.1, -0.05) is 18.2 Å². The van der Waals surface area contributed by atoms with Gasteiger partial charge in [-0.2, -0.15) is 5.10 Å². The van der Waals surface area contributed by atoms with Gasteiger partial charge in [0, 0.05) is 19.0 Å². The first-order valence-electron chi connectivity index (χ1n) is 11.6. The topological polar surface area (TPSA) is 82.9 Å². The van der Waals surface area contributed by atoms with Crippen LogP contribution < -0.4 is 19.8 Å². The Kier molecular flexibility index (Phi) is 6.20. The Morgan fingerprint density at radius 2 is 1.85 bits per heavy atom. The first kappa shape index (κ1) is 22.0. The molecule has 8 heteroatoms. The molecule has 176 valence electrons. The maximum Gasteiger partial charge on any atom is 0.274 e. The first-order chi connectivity index (χ1) is 16.6. The summed E-state index contributed by atoms with van der Waals surface area (Å²) in [7, 11) is 0. The maximum absolute atomic E-state index is 13.4. The number of carbonyl (C=O) groups excluding carboxylic acids is 1. The molecule has 2 aromatic carbocycles. The number of aromatic nitrogens is 2. The minimum atomic E-state index is -0.273. The quantitative estimate of drug-likeness (QED) is 0.580. The Labute approximate surface area is 197 Å². The molecular formula is C26H27N3O5. The van der Waals surface area contributed by atoms with E-state index in [1.807, 2.05) is 49.4 Å². The van der Waals surface area contributed by atoms with Gasteiger partial charge >= 0.3 is 0 Å². The van der Waals surface area contributed by atoms with E-state index in [1.54, 1.807) is 4.90 Å². The molecule has 0 bridgehead atoms. The summed E-state index contributed by atoms with van der Waals surface area (Å²) in [5.74, 6) is 2.01. The number of carbonyl (C=O) groups is 1. The van der Waals surface area contributed by atoms with Crippen LogP contribution in [0.1, 0.15) is 41.0 Å². The molecule has 0 saturated heterocycles. The van der Waals surface area contributed by atoms with Crippen molar-refractivity contribution in [2.45, 2.75) is 32.4 Å². The van der Waals surface area contributed by atoms with Gasteiger partial charge in [-0.15, -0.1) is 0 Å². The molecule has 0 radical (unpaired) electrons. The normalized spacial score (nSPS) is 17.0. The monoisotopic (exact) mass is 461 g/mol. The molecule has 0 fully saturated rings. The second-order valence-electron chi connectivity index (χ2n) is 8.41. The molecule has 0 saturated carbocycles. The van der Waals surface area contributed by atoms with E-state index in [4.69, 9.17) is 14.2 Å². The van der Waals surface area contributed by atoms with Crippen molar-refractivity contribution in [3.05, 3.63) is 81.8 Å². The van der Waals surface area contributed by atoms with Crippen LogP contribution in [-0.4, -0.2) is 47.0 Å². The second-order valence-corrected chi connectivity index (χ2v) is 8.41. The van der Waals surface area contributed by atoms with Crippen LogP contribution in [0.15, 0.2) is 59.4 Å². The molecule has 3 heterocycles. The predicted octanol–water partition coefficient (Wildman–Crippen LogP) is 3.24. The van der Waals surface area contributed by atoms with Gasteiger partial charge in [0.05, 0.1) is 25.8 Å². The van der Waals surface area contributed by atoms with E-state index in [2.05, 4.69) is 5.10 Å². The highest BCUT2D eigenvalue weighted by atomic mass is 16.5. The molecule has 5 rings (SSSR count). The van der Waals surface area contributed by atoms with Gasteiger partial charge in [-0.05, 0) is 54.8 Å². The summed E-state index contributed by atoms with van der Waals surface area (Å²) in [6.07, 6.45) is 1.56.